The molecule has 0 saturated carbocycles. The Kier molecular flexibility index (Phi) is 8.76. The lowest BCUT2D eigenvalue weighted by molar-refractivity contribution is -0.205. The predicted molar refractivity (Wildman–Crippen MR) is 97.1 cm³/mol. The number of nitrogens with one attached hydrogen (secondary N) is 1. The standard InChI is InChI=1S/C17H33N2O6P/c1-13(2)8-14(10-24-26(22,23)11-17(3,4)5)25-16(9-20)19-7-6-15(21)18-12-19/h6-7,13-14,16,20H,8-12H2,1-5H3,(H,18,21)(H,22,23)/p-1/t14-,16-/m1/s1. The smallest absolute Gasteiger partial charge is 0.246 e. The zero-order valence-electron chi connectivity index (χ0n) is 16.3. The summed E-state index contributed by atoms with van der Waals surface area (Å²) in [5, 5.41) is 12.3. The first-order chi connectivity index (χ1) is 11.9. The van der Waals surface area contributed by atoms with Crippen molar-refractivity contribution in [1.82, 2.24) is 10.2 Å². The third-order valence-electron chi connectivity index (χ3n) is 3.59. The predicted octanol–water partition coefficient (Wildman–Crippen LogP) is 1.26. The maximum Gasteiger partial charge on any atom is 0.246 e. The number of ether oxygens (including phenoxy) is 1. The second-order valence-corrected chi connectivity index (χ2v) is 9.98. The van der Waals surface area contributed by atoms with E-state index < -0.39 is 25.3 Å². The summed E-state index contributed by atoms with van der Waals surface area (Å²) in [5.41, 5.74) is -0.393. The average Bonchev–Trinajstić information content (AvgIpc) is 2.48. The molecule has 1 unspecified atom stereocenters. The van der Waals surface area contributed by atoms with E-state index >= 15 is 0 Å². The van der Waals surface area contributed by atoms with E-state index in [1.165, 1.54) is 6.08 Å². The van der Waals surface area contributed by atoms with E-state index in [0.29, 0.717) is 6.42 Å². The molecule has 26 heavy (non-hydrogen) atoms. The highest BCUT2D eigenvalue weighted by atomic mass is 31.2. The van der Waals surface area contributed by atoms with Gasteiger partial charge in [0.05, 0.1) is 26.0 Å². The van der Waals surface area contributed by atoms with Crippen LogP contribution in [0.2, 0.25) is 0 Å². The van der Waals surface area contributed by atoms with E-state index in [1.807, 2.05) is 34.6 Å². The molecule has 2 N–H and O–H groups in total. The van der Waals surface area contributed by atoms with E-state index in [9.17, 15) is 19.4 Å². The van der Waals surface area contributed by atoms with Crippen molar-refractivity contribution in [2.24, 2.45) is 11.3 Å². The lowest BCUT2D eigenvalue weighted by Gasteiger charge is -2.36. The fraction of sp³-hybridized carbons (Fsp3) is 0.824. The Labute approximate surface area is 156 Å². The Balaban J connectivity index is 2.71. The van der Waals surface area contributed by atoms with E-state index in [2.05, 4.69) is 5.32 Å². The van der Waals surface area contributed by atoms with E-state index in [4.69, 9.17) is 9.26 Å². The van der Waals surface area contributed by atoms with Gasteiger partial charge in [-0.2, -0.15) is 0 Å². The van der Waals surface area contributed by atoms with Crippen LogP contribution >= 0.6 is 7.60 Å². The van der Waals surface area contributed by atoms with Crippen LogP contribution in [0.5, 0.6) is 0 Å². The Morgan fingerprint density at radius 1 is 1.42 bits per heavy atom. The van der Waals surface area contributed by atoms with Gasteiger partial charge in [0, 0.05) is 18.4 Å². The van der Waals surface area contributed by atoms with Crippen LogP contribution in [0.25, 0.3) is 0 Å². The molecule has 8 nitrogen and oxygen atoms in total. The van der Waals surface area contributed by atoms with Crippen LogP contribution in [0.15, 0.2) is 12.3 Å². The highest BCUT2D eigenvalue weighted by molar-refractivity contribution is 7.51. The minimum Gasteiger partial charge on any atom is -0.778 e. The SMILES string of the molecule is CC(C)C[C@H](COP(=O)([O-])CC(C)(C)C)O[C@H](CO)N1C=CC(=O)NC1. The van der Waals surface area contributed by atoms with Crippen molar-refractivity contribution in [3.8, 4) is 0 Å². The summed E-state index contributed by atoms with van der Waals surface area (Å²) in [6.45, 7) is 9.31. The highest BCUT2D eigenvalue weighted by Crippen LogP contribution is 2.43. The molecule has 0 bridgehead atoms. The first-order valence-corrected chi connectivity index (χ1v) is 10.6. The summed E-state index contributed by atoms with van der Waals surface area (Å²) in [6.07, 6.45) is 2.21. The Hall–Kier alpha value is -0.920. The van der Waals surface area contributed by atoms with Crippen LogP contribution in [0, 0.1) is 11.3 Å². The van der Waals surface area contributed by atoms with Gasteiger partial charge in [-0.3, -0.25) is 4.79 Å². The second kappa shape index (κ2) is 9.85. The zero-order valence-corrected chi connectivity index (χ0v) is 17.2. The van der Waals surface area contributed by atoms with E-state index in [1.54, 1.807) is 11.1 Å². The highest BCUT2D eigenvalue weighted by Gasteiger charge is 2.26. The van der Waals surface area contributed by atoms with Crippen LogP contribution in [-0.4, -0.2) is 54.3 Å². The molecule has 0 aromatic rings. The summed E-state index contributed by atoms with van der Waals surface area (Å²) >= 11 is 0. The molecule has 9 heteroatoms. The lowest BCUT2D eigenvalue weighted by Crippen LogP contribution is -2.47. The molecule has 0 spiro atoms. The first kappa shape index (κ1) is 23.1. The summed E-state index contributed by atoms with van der Waals surface area (Å²) in [6, 6.07) is 0. The quantitative estimate of drug-likeness (QED) is 0.539. The summed E-state index contributed by atoms with van der Waals surface area (Å²) in [5.74, 6) is 0.0441. The van der Waals surface area contributed by atoms with Gasteiger partial charge >= 0.3 is 0 Å². The van der Waals surface area contributed by atoms with Gasteiger partial charge < -0.3 is 34.0 Å². The number of aliphatic hydroxyl groups is 1. The summed E-state index contributed by atoms with van der Waals surface area (Å²) in [7, 11) is -3.98. The molecule has 3 atom stereocenters. The van der Waals surface area contributed by atoms with Gasteiger partial charge in [0.15, 0.2) is 6.23 Å². The molecular weight excluding hydrogens is 359 g/mol. The van der Waals surface area contributed by atoms with Gasteiger partial charge in [-0.1, -0.05) is 34.6 Å². The molecule has 1 aliphatic rings. The second-order valence-electron chi connectivity index (χ2n) is 8.18. The third-order valence-corrected chi connectivity index (χ3v) is 5.47. The van der Waals surface area contributed by atoms with E-state index in [-0.39, 0.29) is 37.9 Å². The Bertz CT molecular complexity index is 532. The molecule has 1 amide bonds. The number of aliphatic hydroxyl groups excluding tert-OH is 1. The number of carbonyl (C=O) groups is 1. The maximum atomic E-state index is 12.2. The topological polar surface area (TPSA) is 111 Å². The van der Waals surface area contributed by atoms with Crippen LogP contribution < -0.4 is 10.2 Å². The molecule has 1 heterocycles. The van der Waals surface area contributed by atoms with Crippen molar-refractivity contribution in [2.75, 3.05) is 26.0 Å². The number of amides is 1. The van der Waals surface area contributed by atoms with Gasteiger partial charge in [0.1, 0.15) is 7.60 Å². The van der Waals surface area contributed by atoms with Crippen molar-refractivity contribution < 1.29 is 28.6 Å². The largest absolute Gasteiger partial charge is 0.778 e. The van der Waals surface area contributed by atoms with Crippen LogP contribution in [0.1, 0.15) is 41.0 Å². The minimum absolute atomic E-state index is 0.0568. The maximum absolute atomic E-state index is 12.2. The normalized spacial score (nSPS) is 20.0. The number of hydrogen-bond acceptors (Lipinski definition) is 7. The fourth-order valence-electron chi connectivity index (χ4n) is 2.60. The molecular formula is C17H32N2O6P-. The average molecular weight is 391 g/mol. The number of carbonyl (C=O) groups excluding carboxylic acids is 1. The number of rotatable bonds is 10. The number of hydrogen-bond donors (Lipinski definition) is 2. The fourth-order valence-corrected chi connectivity index (χ4v) is 4.25. The van der Waals surface area contributed by atoms with Crippen molar-refractivity contribution in [1.29, 1.82) is 0 Å². The third kappa shape index (κ3) is 9.14. The Morgan fingerprint density at radius 2 is 2.08 bits per heavy atom. The number of nitrogens with zero attached hydrogens (tertiary/aromatic N) is 1. The first-order valence-electron chi connectivity index (χ1n) is 8.84. The molecule has 1 aliphatic heterocycles. The van der Waals surface area contributed by atoms with Gasteiger partial charge in [-0.05, 0) is 17.8 Å². The summed E-state index contributed by atoms with van der Waals surface area (Å²) in [4.78, 5) is 25.0. The van der Waals surface area contributed by atoms with Crippen LogP contribution in [0.3, 0.4) is 0 Å². The van der Waals surface area contributed by atoms with E-state index in [0.717, 1.165) is 0 Å². The van der Waals surface area contributed by atoms with Crippen molar-refractivity contribution in [3.05, 3.63) is 12.3 Å². The molecule has 0 aromatic heterocycles. The van der Waals surface area contributed by atoms with Gasteiger partial charge in [-0.15, -0.1) is 0 Å². The van der Waals surface area contributed by atoms with Gasteiger partial charge in [0.25, 0.3) is 0 Å². The molecule has 0 aliphatic carbocycles. The van der Waals surface area contributed by atoms with Crippen LogP contribution in [-0.2, 0) is 18.6 Å². The molecule has 152 valence electrons. The molecule has 0 aromatic carbocycles. The molecule has 0 saturated heterocycles. The lowest BCUT2D eigenvalue weighted by atomic mass is 10.0. The molecule has 0 radical (unpaired) electrons. The summed E-state index contributed by atoms with van der Waals surface area (Å²) < 4.78 is 23.3. The van der Waals surface area contributed by atoms with Gasteiger partial charge in [-0.25, -0.2) is 0 Å². The van der Waals surface area contributed by atoms with Crippen molar-refractivity contribution in [2.45, 2.75) is 53.4 Å². The zero-order chi connectivity index (χ0) is 20.0. The molecule has 1 rings (SSSR count). The molecule has 0 fully saturated rings. The van der Waals surface area contributed by atoms with Crippen molar-refractivity contribution in [3.63, 3.8) is 0 Å². The van der Waals surface area contributed by atoms with Crippen molar-refractivity contribution >= 4 is 13.5 Å². The monoisotopic (exact) mass is 391 g/mol. The van der Waals surface area contributed by atoms with Gasteiger partial charge in [0.2, 0.25) is 5.91 Å². The minimum atomic E-state index is -3.98. The Morgan fingerprint density at radius 3 is 2.54 bits per heavy atom. The van der Waals surface area contributed by atoms with Crippen LogP contribution in [0.4, 0.5) is 0 Å².